The molecular formula is C30H41BrFN3O5. The molecule has 0 bridgehead atoms. The predicted molar refractivity (Wildman–Crippen MR) is 160 cm³/mol. The van der Waals surface area contributed by atoms with E-state index in [0.717, 1.165) is 11.3 Å². The minimum atomic E-state index is -0.645. The smallest absolute Gasteiger partial charge is 0.325 e. The average molecular weight is 623 g/mol. The lowest BCUT2D eigenvalue weighted by molar-refractivity contribution is -0.152. The Bertz CT molecular complexity index is 1270. The number of amidine groups is 1. The van der Waals surface area contributed by atoms with Crippen molar-refractivity contribution in [1.82, 2.24) is 4.90 Å². The third kappa shape index (κ3) is 7.74. The highest BCUT2D eigenvalue weighted by atomic mass is 79.9. The van der Waals surface area contributed by atoms with Gasteiger partial charge in [-0.15, -0.1) is 17.0 Å². The highest BCUT2D eigenvalue weighted by Crippen LogP contribution is 2.39. The predicted octanol–water partition coefficient (Wildman–Crippen LogP) is 6.28. The second-order valence-electron chi connectivity index (χ2n) is 11.5. The van der Waals surface area contributed by atoms with Crippen molar-refractivity contribution >= 4 is 40.3 Å². The van der Waals surface area contributed by atoms with Crippen LogP contribution in [0.1, 0.15) is 82.4 Å². The Morgan fingerprint density at radius 3 is 2.27 bits per heavy atom. The Kier molecular flexibility index (Phi) is 10.8. The zero-order valence-corrected chi connectivity index (χ0v) is 26.3. The molecule has 220 valence electrons. The lowest BCUT2D eigenvalue weighted by Gasteiger charge is -2.25. The van der Waals surface area contributed by atoms with E-state index in [1.54, 1.807) is 36.9 Å². The Labute approximate surface area is 246 Å². The van der Waals surface area contributed by atoms with Crippen LogP contribution in [-0.4, -0.2) is 54.4 Å². The maximum absolute atomic E-state index is 15.4. The van der Waals surface area contributed by atoms with Gasteiger partial charge in [0.15, 0.2) is 23.1 Å². The molecule has 3 rings (SSSR count). The number of hydrogen-bond donors (Lipinski definition) is 2. The van der Waals surface area contributed by atoms with Crippen molar-refractivity contribution < 1.29 is 28.2 Å². The number of fused-ring (bicyclic) bond motifs is 1. The van der Waals surface area contributed by atoms with Crippen LogP contribution in [0.25, 0.3) is 0 Å². The van der Waals surface area contributed by atoms with Crippen molar-refractivity contribution in [2.45, 2.75) is 73.0 Å². The number of nitrogens with zero attached hydrogens (tertiary/aromatic N) is 1. The highest BCUT2D eigenvalue weighted by Gasteiger charge is 2.33. The molecular weight excluding hydrogens is 581 g/mol. The summed E-state index contributed by atoms with van der Waals surface area (Å²) >= 11 is 0. The zero-order chi connectivity index (χ0) is 29.1. The molecule has 0 aliphatic carbocycles. The maximum Gasteiger partial charge on any atom is 0.325 e. The van der Waals surface area contributed by atoms with Crippen LogP contribution in [0.5, 0.6) is 11.5 Å². The molecule has 0 saturated heterocycles. The zero-order valence-electron chi connectivity index (χ0n) is 24.6. The number of nitrogens with one attached hydrogen (secondary N) is 2. The molecule has 0 fully saturated rings. The Balaban J connectivity index is 0.00000560. The van der Waals surface area contributed by atoms with Crippen LogP contribution in [0.2, 0.25) is 0 Å². The topological polar surface area (TPSA) is 101 Å². The number of anilines is 1. The number of Topliss-reactive ketones (excluding diaryl/α,β-unsaturated/α-hetero) is 1. The minimum absolute atomic E-state index is 0. The standard InChI is InChI=1S/C30H40FN3O5.BrH/c1-9-37-23-14-19-16-34(28(32)25(19)26(31)27(23)38-10-2)17-22(35)18-11-12-21(20(13-18)29(3,4)5)33-15-24(36)39-30(6,7)8;/h11-14,32-33H,9-10,15-17H2,1-8H3;1H. The van der Waals surface area contributed by atoms with E-state index in [1.807, 2.05) is 47.6 Å². The number of benzene rings is 2. The second kappa shape index (κ2) is 13.0. The van der Waals surface area contributed by atoms with Gasteiger partial charge in [0.05, 0.1) is 25.3 Å². The van der Waals surface area contributed by atoms with Gasteiger partial charge < -0.3 is 24.4 Å². The van der Waals surface area contributed by atoms with E-state index < -0.39 is 11.4 Å². The van der Waals surface area contributed by atoms with E-state index in [1.165, 1.54) is 0 Å². The van der Waals surface area contributed by atoms with Crippen LogP contribution in [0, 0.1) is 11.2 Å². The Hall–Kier alpha value is -3.14. The molecule has 2 aromatic carbocycles. The summed E-state index contributed by atoms with van der Waals surface area (Å²) in [6, 6.07) is 6.98. The lowest BCUT2D eigenvalue weighted by atomic mass is 9.84. The van der Waals surface area contributed by atoms with Crippen molar-refractivity contribution in [2.75, 3.05) is 31.6 Å². The summed E-state index contributed by atoms with van der Waals surface area (Å²) in [4.78, 5) is 27.1. The molecule has 40 heavy (non-hydrogen) atoms. The van der Waals surface area contributed by atoms with Crippen LogP contribution in [0.15, 0.2) is 24.3 Å². The molecule has 8 nitrogen and oxygen atoms in total. The fourth-order valence-electron chi connectivity index (χ4n) is 4.46. The molecule has 1 aliphatic heterocycles. The van der Waals surface area contributed by atoms with Gasteiger partial charge in [-0.25, -0.2) is 4.39 Å². The summed E-state index contributed by atoms with van der Waals surface area (Å²) in [5.41, 5.74) is 1.88. The van der Waals surface area contributed by atoms with Gasteiger partial charge in [0, 0.05) is 17.8 Å². The van der Waals surface area contributed by atoms with E-state index in [0.29, 0.717) is 23.5 Å². The molecule has 0 unspecified atom stereocenters. The second-order valence-corrected chi connectivity index (χ2v) is 11.5. The van der Waals surface area contributed by atoms with E-state index in [-0.39, 0.29) is 77.5 Å². The third-order valence-corrected chi connectivity index (χ3v) is 6.10. The molecule has 2 N–H and O–H groups in total. The number of esters is 1. The first-order valence-corrected chi connectivity index (χ1v) is 13.2. The monoisotopic (exact) mass is 621 g/mol. The summed E-state index contributed by atoms with van der Waals surface area (Å²) in [6.07, 6.45) is 0. The summed E-state index contributed by atoms with van der Waals surface area (Å²) in [6.45, 7) is 15.8. The summed E-state index contributed by atoms with van der Waals surface area (Å²) in [5, 5.41) is 11.7. The van der Waals surface area contributed by atoms with Crippen molar-refractivity contribution in [3.8, 4) is 11.5 Å². The highest BCUT2D eigenvalue weighted by molar-refractivity contribution is 8.93. The molecule has 10 heteroatoms. The van der Waals surface area contributed by atoms with Gasteiger partial charge in [-0.3, -0.25) is 15.0 Å². The first-order chi connectivity index (χ1) is 18.2. The van der Waals surface area contributed by atoms with E-state index in [2.05, 4.69) is 5.32 Å². The van der Waals surface area contributed by atoms with Gasteiger partial charge in [-0.1, -0.05) is 20.8 Å². The van der Waals surface area contributed by atoms with Crippen LogP contribution in [0.3, 0.4) is 0 Å². The molecule has 0 radical (unpaired) electrons. The van der Waals surface area contributed by atoms with Gasteiger partial charge in [0.1, 0.15) is 18.0 Å². The summed E-state index contributed by atoms with van der Waals surface area (Å²) in [7, 11) is 0. The number of hydrogen-bond acceptors (Lipinski definition) is 7. The maximum atomic E-state index is 15.4. The molecule has 0 amide bonds. The van der Waals surface area contributed by atoms with E-state index >= 15 is 4.39 Å². The van der Waals surface area contributed by atoms with E-state index in [9.17, 15) is 9.59 Å². The number of ether oxygens (including phenoxy) is 3. The average Bonchev–Trinajstić information content (AvgIpc) is 3.13. The Morgan fingerprint density at radius 2 is 1.70 bits per heavy atom. The van der Waals surface area contributed by atoms with Crippen LogP contribution in [-0.2, 0) is 21.5 Å². The molecule has 1 aliphatic rings. The molecule has 0 spiro atoms. The van der Waals surface area contributed by atoms with E-state index in [4.69, 9.17) is 19.6 Å². The fraction of sp³-hybridized carbons (Fsp3) is 0.500. The normalized spacial score (nSPS) is 12.9. The number of carbonyl (C=O) groups is 2. The number of carbonyl (C=O) groups excluding carboxylic acids is 2. The van der Waals surface area contributed by atoms with Gasteiger partial charge in [0.2, 0.25) is 0 Å². The van der Waals surface area contributed by atoms with Crippen molar-refractivity contribution in [3.63, 3.8) is 0 Å². The van der Waals surface area contributed by atoms with Crippen molar-refractivity contribution in [2.24, 2.45) is 0 Å². The SMILES string of the molecule is Br.CCOc1cc2c(c(F)c1OCC)C(=N)N(CC(=O)c1ccc(NCC(=O)OC(C)(C)C)c(C(C)(C)C)c1)C2. The molecule has 0 aromatic heterocycles. The minimum Gasteiger partial charge on any atom is -0.490 e. The van der Waals surface area contributed by atoms with Crippen molar-refractivity contribution in [1.29, 1.82) is 5.41 Å². The first kappa shape index (κ1) is 33.1. The molecule has 1 heterocycles. The first-order valence-electron chi connectivity index (χ1n) is 13.2. The van der Waals surface area contributed by atoms with Crippen LogP contribution < -0.4 is 14.8 Å². The molecule has 0 atom stereocenters. The van der Waals surface area contributed by atoms with Crippen molar-refractivity contribution in [3.05, 3.63) is 52.3 Å². The van der Waals surface area contributed by atoms with Gasteiger partial charge >= 0.3 is 5.97 Å². The summed E-state index contributed by atoms with van der Waals surface area (Å²) < 4.78 is 31.8. The van der Waals surface area contributed by atoms with Crippen LogP contribution >= 0.6 is 17.0 Å². The van der Waals surface area contributed by atoms with Crippen LogP contribution in [0.4, 0.5) is 10.1 Å². The lowest BCUT2D eigenvalue weighted by Crippen LogP contribution is -2.31. The van der Waals surface area contributed by atoms with Gasteiger partial charge in [-0.2, -0.15) is 0 Å². The molecule has 0 saturated carbocycles. The van der Waals surface area contributed by atoms with Gasteiger partial charge in [0.25, 0.3) is 0 Å². The van der Waals surface area contributed by atoms with Gasteiger partial charge in [-0.05, 0) is 75.4 Å². The Morgan fingerprint density at radius 1 is 1.05 bits per heavy atom. The number of rotatable bonds is 10. The third-order valence-electron chi connectivity index (χ3n) is 6.10. The number of halogens is 2. The quantitative estimate of drug-likeness (QED) is 0.238. The summed E-state index contributed by atoms with van der Waals surface area (Å²) in [5.74, 6) is -1.00. The molecule has 2 aromatic rings. The number of ketones is 1. The fourth-order valence-corrected chi connectivity index (χ4v) is 4.46. The largest absolute Gasteiger partial charge is 0.490 e.